The third-order valence-electron chi connectivity index (χ3n) is 8.93. The quantitative estimate of drug-likeness (QED) is 0.0215. The molecule has 8 nitrogen and oxygen atoms in total. The van der Waals surface area contributed by atoms with Crippen molar-refractivity contribution in [1.82, 2.24) is 0 Å². The van der Waals surface area contributed by atoms with E-state index in [2.05, 4.69) is 148 Å². The van der Waals surface area contributed by atoms with E-state index in [9.17, 15) is 14.3 Å². The van der Waals surface area contributed by atoms with Crippen molar-refractivity contribution in [2.75, 3.05) is 54.1 Å². The maximum atomic E-state index is 12.6. The molecule has 0 aliphatic carbocycles. The van der Waals surface area contributed by atoms with Crippen LogP contribution >= 0.6 is 7.82 Å². The second kappa shape index (κ2) is 45.0. The number of ether oxygens (including phenoxy) is 2. The SMILES string of the molecule is CC/C=C\C/C=C\C/C=C\C/C=C\C/C=C\C/C=C\C/C=C\CCCCCCOCC(COP(=O)(O)OCC[N+](C)(C)C)OC(=O)C/C=C\C/C=C\C/C=C\C/C=C\C/C=C\CC. The van der Waals surface area contributed by atoms with Crippen molar-refractivity contribution in [2.45, 2.75) is 136 Å². The van der Waals surface area contributed by atoms with Crippen molar-refractivity contribution in [3.8, 4) is 0 Å². The van der Waals surface area contributed by atoms with Crippen LogP contribution in [0.15, 0.2) is 146 Å². The van der Waals surface area contributed by atoms with Crippen LogP contribution in [0.25, 0.3) is 0 Å². The number of carbonyl (C=O) groups excluding carboxylic acids is 1. The number of hydrogen-bond acceptors (Lipinski definition) is 6. The lowest BCUT2D eigenvalue weighted by atomic mass is 10.1. The Morgan fingerprint density at radius 3 is 1.29 bits per heavy atom. The molecule has 0 aromatic carbocycles. The summed E-state index contributed by atoms with van der Waals surface area (Å²) in [6, 6.07) is 0. The van der Waals surface area contributed by atoms with Crippen LogP contribution in [0.1, 0.15) is 129 Å². The van der Waals surface area contributed by atoms with Crippen LogP contribution in [0.5, 0.6) is 0 Å². The highest BCUT2D eigenvalue weighted by atomic mass is 31.2. The first-order valence-corrected chi connectivity index (χ1v) is 25.1. The van der Waals surface area contributed by atoms with Gasteiger partial charge < -0.3 is 18.9 Å². The Morgan fingerprint density at radius 1 is 0.492 bits per heavy atom. The molecule has 354 valence electrons. The molecule has 0 fully saturated rings. The van der Waals surface area contributed by atoms with E-state index in [-0.39, 0.29) is 26.2 Å². The van der Waals surface area contributed by atoms with Gasteiger partial charge in [0.05, 0.1) is 40.8 Å². The van der Waals surface area contributed by atoms with E-state index in [1.165, 1.54) is 0 Å². The molecule has 1 N–H and O–H groups in total. The summed E-state index contributed by atoms with van der Waals surface area (Å²) >= 11 is 0. The van der Waals surface area contributed by atoms with E-state index in [0.717, 1.165) is 103 Å². The van der Waals surface area contributed by atoms with Gasteiger partial charge in [0.15, 0.2) is 0 Å². The zero-order valence-corrected chi connectivity index (χ0v) is 40.9. The van der Waals surface area contributed by atoms with E-state index >= 15 is 0 Å². The Bertz CT molecular complexity index is 1500. The van der Waals surface area contributed by atoms with Gasteiger partial charge >= 0.3 is 13.8 Å². The monoisotopic (exact) mass is 893 g/mol. The smallest absolute Gasteiger partial charge is 0.457 e. The number of rotatable bonds is 41. The van der Waals surface area contributed by atoms with E-state index < -0.39 is 19.9 Å². The predicted octanol–water partition coefficient (Wildman–Crippen LogP) is 14.5. The predicted molar refractivity (Wildman–Crippen MR) is 269 cm³/mol. The number of nitrogens with zero attached hydrogens (tertiary/aromatic N) is 1. The van der Waals surface area contributed by atoms with E-state index in [1.807, 2.05) is 27.2 Å². The van der Waals surface area contributed by atoms with Crippen molar-refractivity contribution in [3.05, 3.63) is 146 Å². The second-order valence-corrected chi connectivity index (χ2v) is 17.5. The number of hydrogen-bond donors (Lipinski definition) is 1. The molecule has 0 aromatic rings. The van der Waals surface area contributed by atoms with Crippen LogP contribution in [0.4, 0.5) is 0 Å². The number of esters is 1. The molecule has 0 saturated carbocycles. The largest absolute Gasteiger partial charge is 0.472 e. The van der Waals surface area contributed by atoms with Crippen molar-refractivity contribution < 1.29 is 37.3 Å². The van der Waals surface area contributed by atoms with Gasteiger partial charge in [0.25, 0.3) is 0 Å². The average Bonchev–Trinajstić information content (AvgIpc) is 3.24. The molecular formula is C54H87NO7P+. The molecule has 9 heteroatoms. The number of likely N-dealkylation sites (N-methyl/N-ethyl adjacent to an activating group) is 1. The Balaban J connectivity index is 4.37. The van der Waals surface area contributed by atoms with Crippen molar-refractivity contribution in [3.63, 3.8) is 0 Å². The minimum atomic E-state index is -4.32. The van der Waals surface area contributed by atoms with Crippen LogP contribution in [0.3, 0.4) is 0 Å². The second-order valence-electron chi connectivity index (χ2n) is 16.0. The minimum absolute atomic E-state index is 0.0571. The summed E-state index contributed by atoms with van der Waals surface area (Å²) < 4.78 is 34.9. The average molecular weight is 893 g/mol. The Morgan fingerprint density at radius 2 is 0.873 bits per heavy atom. The van der Waals surface area contributed by atoms with E-state index in [1.54, 1.807) is 6.08 Å². The van der Waals surface area contributed by atoms with Crippen molar-refractivity contribution in [1.29, 1.82) is 0 Å². The number of quaternary nitrogens is 1. The van der Waals surface area contributed by atoms with Crippen LogP contribution in [0.2, 0.25) is 0 Å². The molecule has 0 saturated heterocycles. The van der Waals surface area contributed by atoms with Gasteiger partial charge in [-0.05, 0) is 96.3 Å². The van der Waals surface area contributed by atoms with Crippen LogP contribution in [-0.2, 0) is 27.9 Å². The van der Waals surface area contributed by atoms with Crippen LogP contribution in [-0.4, -0.2) is 75.6 Å². The molecule has 0 bridgehead atoms. The fraction of sp³-hybridized carbons (Fsp3) is 0.537. The minimum Gasteiger partial charge on any atom is -0.457 e. The molecule has 0 aromatic heterocycles. The molecule has 63 heavy (non-hydrogen) atoms. The topological polar surface area (TPSA) is 91.3 Å². The first-order valence-electron chi connectivity index (χ1n) is 23.6. The normalized spacial score (nSPS) is 15.0. The Hall–Kier alpha value is -3.62. The van der Waals surface area contributed by atoms with Gasteiger partial charge in [-0.3, -0.25) is 13.8 Å². The fourth-order valence-corrected chi connectivity index (χ4v) is 6.11. The number of carbonyl (C=O) groups is 1. The summed E-state index contributed by atoms with van der Waals surface area (Å²) in [5.74, 6) is -0.457. The Labute approximate surface area is 385 Å². The lowest BCUT2D eigenvalue weighted by Crippen LogP contribution is -2.37. The number of allylic oxidation sites excluding steroid dienone is 23. The van der Waals surface area contributed by atoms with Gasteiger partial charge in [-0.1, -0.05) is 173 Å². The summed E-state index contributed by atoms with van der Waals surface area (Å²) in [4.78, 5) is 22.9. The summed E-state index contributed by atoms with van der Waals surface area (Å²) in [6.45, 7) is 5.14. The molecule has 0 heterocycles. The molecule has 0 aliphatic rings. The van der Waals surface area contributed by atoms with Crippen molar-refractivity contribution >= 4 is 13.8 Å². The van der Waals surface area contributed by atoms with Gasteiger partial charge in [0.2, 0.25) is 0 Å². The third-order valence-corrected chi connectivity index (χ3v) is 9.91. The highest BCUT2D eigenvalue weighted by Crippen LogP contribution is 2.43. The molecule has 2 unspecified atom stereocenters. The zero-order chi connectivity index (χ0) is 46.2. The summed E-state index contributed by atoms with van der Waals surface area (Å²) in [5.41, 5.74) is 0. The van der Waals surface area contributed by atoms with Gasteiger partial charge in [0, 0.05) is 6.61 Å². The standard InChI is InChI=1S/C54H86NO7P/c1-6-8-10-12-14-16-18-20-22-23-24-25-26-27-28-29-30-31-32-34-36-38-40-42-44-46-49-59-51-53(52-61-63(57,58)60-50-48-55(3,4)5)62-54(56)47-45-43-41-39-37-35-33-21-19-17-15-13-11-9-7-2/h8-11,14-17,20-22,24-25,27-28,30-31,33-34,36-37,39,43,45,53H,6-7,12-13,18-19,23,26,29,32,35,38,40-42,44,46-52H2,1-5H3/p+1/b10-8-,11-9-,16-14-,17-15-,22-20-,25-24-,28-27-,31-30-,33-21-,36-34-,39-37-,45-43-. The number of phosphoric acid groups is 1. The highest BCUT2D eigenvalue weighted by molar-refractivity contribution is 7.47. The van der Waals surface area contributed by atoms with Crippen LogP contribution < -0.4 is 0 Å². The number of unbranched alkanes of at least 4 members (excludes halogenated alkanes) is 4. The molecule has 2 atom stereocenters. The molecule has 0 amide bonds. The maximum absolute atomic E-state index is 12.6. The van der Waals surface area contributed by atoms with E-state index in [4.69, 9.17) is 18.5 Å². The van der Waals surface area contributed by atoms with Gasteiger partial charge in [-0.2, -0.15) is 0 Å². The number of phosphoric ester groups is 1. The van der Waals surface area contributed by atoms with Crippen LogP contribution in [0, 0.1) is 0 Å². The molecule has 0 aliphatic heterocycles. The maximum Gasteiger partial charge on any atom is 0.472 e. The summed E-state index contributed by atoms with van der Waals surface area (Å²) in [7, 11) is 1.56. The first kappa shape index (κ1) is 59.4. The highest BCUT2D eigenvalue weighted by Gasteiger charge is 2.26. The Kier molecular flexibility index (Phi) is 42.4. The molecule has 0 radical (unpaired) electrons. The lowest BCUT2D eigenvalue weighted by Gasteiger charge is -2.24. The fourth-order valence-electron chi connectivity index (χ4n) is 5.37. The lowest BCUT2D eigenvalue weighted by molar-refractivity contribution is -0.870. The first-order chi connectivity index (χ1) is 30.6. The molecular weight excluding hydrogens is 806 g/mol. The third kappa shape index (κ3) is 49.3. The van der Waals surface area contributed by atoms with Crippen molar-refractivity contribution in [2.24, 2.45) is 0 Å². The summed E-state index contributed by atoms with van der Waals surface area (Å²) in [6.07, 6.45) is 67.9. The van der Waals surface area contributed by atoms with Gasteiger partial charge in [-0.15, -0.1) is 0 Å². The molecule has 0 spiro atoms. The van der Waals surface area contributed by atoms with Gasteiger partial charge in [0.1, 0.15) is 19.3 Å². The zero-order valence-electron chi connectivity index (χ0n) is 40.0. The summed E-state index contributed by atoms with van der Waals surface area (Å²) in [5, 5.41) is 0. The molecule has 0 rings (SSSR count). The van der Waals surface area contributed by atoms with E-state index in [0.29, 0.717) is 24.1 Å². The van der Waals surface area contributed by atoms with Gasteiger partial charge in [-0.25, -0.2) is 4.57 Å².